The van der Waals surface area contributed by atoms with Crippen LogP contribution in [-0.4, -0.2) is 12.1 Å². The van der Waals surface area contributed by atoms with Gasteiger partial charge in [-0.25, -0.2) is 4.39 Å². The van der Waals surface area contributed by atoms with Gasteiger partial charge in [-0.15, -0.1) is 0 Å². The van der Waals surface area contributed by atoms with Gasteiger partial charge in [-0.1, -0.05) is 42.5 Å². The molecule has 2 nitrogen and oxygen atoms in total. The second-order valence-corrected chi connectivity index (χ2v) is 5.54. The molecule has 1 aliphatic heterocycles. The summed E-state index contributed by atoms with van der Waals surface area (Å²) in [7, 11) is 0. The fraction of sp³-hybridized carbons (Fsp3) is 0.222. The van der Waals surface area contributed by atoms with Crippen molar-refractivity contribution in [2.75, 3.05) is 0 Å². The molecule has 0 amide bonds. The second kappa shape index (κ2) is 4.92. The van der Waals surface area contributed by atoms with E-state index in [-0.39, 0.29) is 17.9 Å². The molecule has 1 saturated carbocycles. The summed E-state index contributed by atoms with van der Waals surface area (Å²) >= 11 is 0. The van der Waals surface area contributed by atoms with Gasteiger partial charge in [0.15, 0.2) is 0 Å². The van der Waals surface area contributed by atoms with Crippen LogP contribution in [-0.2, 0) is 0 Å². The van der Waals surface area contributed by atoms with Crippen molar-refractivity contribution in [3.8, 4) is 0 Å². The Morgan fingerprint density at radius 2 is 1.38 bits per heavy atom. The minimum absolute atomic E-state index is 0.204. The Morgan fingerprint density at radius 1 is 0.810 bits per heavy atom. The van der Waals surface area contributed by atoms with E-state index in [4.69, 9.17) is 0 Å². The number of nitrogens with zero attached hydrogens (tertiary/aromatic N) is 2. The van der Waals surface area contributed by atoms with E-state index in [1.807, 2.05) is 30.3 Å². The van der Waals surface area contributed by atoms with Gasteiger partial charge in [0.1, 0.15) is 5.82 Å². The number of benzene rings is 2. The summed E-state index contributed by atoms with van der Waals surface area (Å²) < 4.78 is 13.2. The van der Waals surface area contributed by atoms with E-state index in [0.29, 0.717) is 0 Å². The normalized spacial score (nSPS) is 25.4. The first-order valence-corrected chi connectivity index (χ1v) is 7.28. The minimum Gasteiger partial charge on any atom is -0.207 e. The number of fused-ring (bicyclic) bond motifs is 2. The third-order valence-electron chi connectivity index (χ3n) is 4.26. The summed E-state index contributed by atoms with van der Waals surface area (Å²) in [6, 6.07) is 17.4. The minimum atomic E-state index is -0.208. The average molecular weight is 278 g/mol. The SMILES string of the molecule is Fc1ccc(C(=C2[C@@H]3CC[C@H]2N=N3)c2ccccc2)cc1. The van der Waals surface area contributed by atoms with Gasteiger partial charge in [0.25, 0.3) is 0 Å². The fourth-order valence-electron chi connectivity index (χ4n) is 3.30. The lowest BCUT2D eigenvalue weighted by atomic mass is 9.90. The van der Waals surface area contributed by atoms with Crippen LogP contribution in [0.1, 0.15) is 24.0 Å². The third kappa shape index (κ3) is 2.09. The van der Waals surface area contributed by atoms with Crippen molar-refractivity contribution in [2.45, 2.75) is 24.9 Å². The number of azo groups is 1. The van der Waals surface area contributed by atoms with Crippen LogP contribution in [0.25, 0.3) is 5.57 Å². The van der Waals surface area contributed by atoms with Crippen LogP contribution in [0.2, 0.25) is 0 Å². The van der Waals surface area contributed by atoms with Crippen LogP contribution in [0.5, 0.6) is 0 Å². The number of halogens is 1. The maximum atomic E-state index is 13.2. The topological polar surface area (TPSA) is 24.7 Å². The van der Waals surface area contributed by atoms with E-state index < -0.39 is 0 Å². The monoisotopic (exact) mass is 278 g/mol. The summed E-state index contributed by atoms with van der Waals surface area (Å²) in [6.45, 7) is 0. The summed E-state index contributed by atoms with van der Waals surface area (Å²) in [4.78, 5) is 0. The van der Waals surface area contributed by atoms with Crippen molar-refractivity contribution in [3.05, 3.63) is 77.1 Å². The van der Waals surface area contributed by atoms with Crippen LogP contribution in [0.15, 0.2) is 70.4 Å². The van der Waals surface area contributed by atoms with Crippen LogP contribution >= 0.6 is 0 Å². The maximum Gasteiger partial charge on any atom is 0.123 e. The van der Waals surface area contributed by atoms with Crippen LogP contribution < -0.4 is 0 Å². The predicted molar refractivity (Wildman–Crippen MR) is 80.5 cm³/mol. The lowest BCUT2D eigenvalue weighted by Gasteiger charge is -2.14. The lowest BCUT2D eigenvalue weighted by Crippen LogP contribution is -2.05. The number of hydrogen-bond donors (Lipinski definition) is 0. The molecule has 1 aliphatic carbocycles. The van der Waals surface area contributed by atoms with Gasteiger partial charge < -0.3 is 0 Å². The fourth-order valence-corrected chi connectivity index (χ4v) is 3.30. The highest BCUT2D eigenvalue weighted by atomic mass is 19.1. The van der Waals surface area contributed by atoms with Gasteiger partial charge in [0.05, 0.1) is 12.1 Å². The van der Waals surface area contributed by atoms with E-state index in [1.54, 1.807) is 0 Å². The van der Waals surface area contributed by atoms with Gasteiger partial charge in [0.2, 0.25) is 0 Å². The Kier molecular flexibility index (Phi) is 2.92. The van der Waals surface area contributed by atoms with Gasteiger partial charge in [-0.05, 0) is 47.2 Å². The standard InChI is InChI=1S/C18H15FN2/c19-14-8-6-13(7-9-14)17(12-4-2-1-3-5-12)18-15-10-11-16(18)21-20-15/h1-9,15-16H,10-11H2/t15-,16+. The molecule has 2 aromatic rings. The van der Waals surface area contributed by atoms with Gasteiger partial charge in [-0.2, -0.15) is 10.2 Å². The highest BCUT2D eigenvalue weighted by molar-refractivity contribution is 5.84. The highest BCUT2D eigenvalue weighted by Crippen LogP contribution is 2.43. The summed E-state index contributed by atoms with van der Waals surface area (Å²) in [6.07, 6.45) is 2.14. The molecule has 1 fully saturated rings. The van der Waals surface area contributed by atoms with Crippen LogP contribution in [0.3, 0.4) is 0 Å². The highest BCUT2D eigenvalue weighted by Gasteiger charge is 2.38. The molecular weight excluding hydrogens is 263 g/mol. The van der Waals surface area contributed by atoms with E-state index in [1.165, 1.54) is 23.3 Å². The molecule has 0 aromatic heterocycles. The number of hydrogen-bond acceptors (Lipinski definition) is 2. The largest absolute Gasteiger partial charge is 0.207 e. The Morgan fingerprint density at radius 3 is 1.95 bits per heavy atom. The summed E-state index contributed by atoms with van der Waals surface area (Å²) in [5.74, 6) is -0.208. The lowest BCUT2D eigenvalue weighted by molar-refractivity contribution is 0.627. The molecule has 0 radical (unpaired) electrons. The molecule has 2 atom stereocenters. The molecule has 2 aliphatic rings. The first-order valence-electron chi connectivity index (χ1n) is 7.28. The third-order valence-corrected chi connectivity index (χ3v) is 4.26. The van der Waals surface area contributed by atoms with E-state index in [0.717, 1.165) is 24.0 Å². The molecule has 0 saturated heterocycles. The molecule has 0 N–H and O–H groups in total. The van der Waals surface area contributed by atoms with E-state index in [2.05, 4.69) is 22.4 Å². The summed E-state index contributed by atoms with van der Waals surface area (Å²) in [5.41, 5.74) is 4.67. The van der Waals surface area contributed by atoms with Crippen LogP contribution in [0, 0.1) is 5.82 Å². The average Bonchev–Trinajstić information content (AvgIpc) is 3.11. The zero-order valence-electron chi connectivity index (χ0n) is 11.5. The van der Waals surface area contributed by atoms with Gasteiger partial charge in [-0.3, -0.25) is 0 Å². The van der Waals surface area contributed by atoms with Crippen molar-refractivity contribution >= 4 is 5.57 Å². The molecule has 0 unspecified atom stereocenters. The first-order chi connectivity index (χ1) is 10.3. The van der Waals surface area contributed by atoms with E-state index >= 15 is 0 Å². The summed E-state index contributed by atoms with van der Waals surface area (Å²) in [5, 5.41) is 8.74. The Labute approximate surface area is 123 Å². The molecule has 1 heterocycles. The van der Waals surface area contributed by atoms with Gasteiger partial charge in [0, 0.05) is 0 Å². The molecule has 0 spiro atoms. The van der Waals surface area contributed by atoms with Crippen LogP contribution in [0.4, 0.5) is 4.39 Å². The van der Waals surface area contributed by atoms with Crippen molar-refractivity contribution in [3.63, 3.8) is 0 Å². The molecule has 2 bridgehead atoms. The predicted octanol–water partition coefficient (Wildman–Crippen LogP) is 4.62. The van der Waals surface area contributed by atoms with E-state index in [9.17, 15) is 4.39 Å². The van der Waals surface area contributed by atoms with Gasteiger partial charge >= 0.3 is 0 Å². The zero-order valence-corrected chi connectivity index (χ0v) is 11.5. The van der Waals surface area contributed by atoms with Crippen molar-refractivity contribution in [1.29, 1.82) is 0 Å². The molecular formula is C18H15FN2. The molecule has 2 aromatic carbocycles. The second-order valence-electron chi connectivity index (χ2n) is 5.54. The molecule has 4 rings (SSSR count). The molecule has 21 heavy (non-hydrogen) atoms. The smallest absolute Gasteiger partial charge is 0.123 e. The number of rotatable bonds is 2. The quantitative estimate of drug-likeness (QED) is 0.765. The maximum absolute atomic E-state index is 13.2. The van der Waals surface area contributed by atoms with Crippen molar-refractivity contribution in [1.82, 2.24) is 0 Å². The molecule has 104 valence electrons. The van der Waals surface area contributed by atoms with Crippen molar-refractivity contribution in [2.24, 2.45) is 10.2 Å². The Bertz CT molecular complexity index is 701. The Hall–Kier alpha value is -2.29. The van der Waals surface area contributed by atoms with Crippen molar-refractivity contribution < 1.29 is 4.39 Å². The molecule has 3 heteroatoms. The zero-order chi connectivity index (χ0) is 14.2. The first kappa shape index (κ1) is 12.5. The Balaban J connectivity index is 1.92.